The zero-order valence-electron chi connectivity index (χ0n) is 20.9. The fourth-order valence-electron chi connectivity index (χ4n) is 6.33. The molecular formula is C26H44N6. The number of likely N-dealkylation sites (tertiary alicyclic amines) is 2. The summed E-state index contributed by atoms with van der Waals surface area (Å²) in [6.45, 7) is 25.4. The summed E-state index contributed by atoms with van der Waals surface area (Å²) in [5.41, 5.74) is 0.266. The molecule has 0 saturated carbocycles. The summed E-state index contributed by atoms with van der Waals surface area (Å²) in [5, 5.41) is 9.62. The van der Waals surface area contributed by atoms with Crippen LogP contribution in [0.4, 0.5) is 0 Å². The van der Waals surface area contributed by atoms with Gasteiger partial charge in [0.25, 0.3) is 0 Å². The smallest absolute Gasteiger partial charge is 0.300 e. The maximum absolute atomic E-state index is 9.62. The van der Waals surface area contributed by atoms with E-state index in [2.05, 4.69) is 58.2 Å². The Morgan fingerprint density at radius 1 is 0.938 bits per heavy atom. The molecule has 4 atom stereocenters. The molecule has 4 unspecified atom stereocenters. The Labute approximate surface area is 196 Å². The molecular weight excluding hydrogens is 396 g/mol. The Morgan fingerprint density at radius 3 is 2.03 bits per heavy atom. The van der Waals surface area contributed by atoms with Crippen LogP contribution in [0.15, 0.2) is 11.5 Å². The van der Waals surface area contributed by atoms with Gasteiger partial charge in [-0.05, 0) is 64.3 Å². The molecule has 0 radical (unpaired) electrons. The van der Waals surface area contributed by atoms with E-state index in [1.807, 2.05) is 0 Å². The molecule has 6 nitrogen and oxygen atoms in total. The van der Waals surface area contributed by atoms with Crippen molar-refractivity contribution in [3.63, 3.8) is 0 Å². The lowest BCUT2D eigenvalue weighted by atomic mass is 9.92. The highest BCUT2D eigenvalue weighted by Crippen LogP contribution is 2.26. The monoisotopic (exact) mass is 440 g/mol. The van der Waals surface area contributed by atoms with Crippen LogP contribution in [0.2, 0.25) is 0 Å². The molecule has 3 fully saturated rings. The Morgan fingerprint density at radius 2 is 1.50 bits per heavy atom. The van der Waals surface area contributed by atoms with E-state index < -0.39 is 0 Å². The highest BCUT2D eigenvalue weighted by atomic mass is 15.4. The zero-order valence-corrected chi connectivity index (χ0v) is 20.9. The van der Waals surface area contributed by atoms with Crippen molar-refractivity contribution in [1.82, 2.24) is 19.6 Å². The first-order valence-corrected chi connectivity index (χ1v) is 12.9. The standard InChI is InChI=1S/C26H44N6/c1-21-17-22(2)20-29(19-21)11-7-12-30-15-16-31(26(30)25(18-27)28-5)13-8-14-32-23(3)9-6-10-24(32)4/h21-24H,6-17,19-20H2,1-4H3. The molecule has 0 aliphatic carbocycles. The van der Waals surface area contributed by atoms with Gasteiger partial charge in [0, 0.05) is 57.9 Å². The predicted octanol–water partition coefficient (Wildman–Crippen LogP) is 4.24. The highest BCUT2D eigenvalue weighted by molar-refractivity contribution is 5.33. The molecule has 3 aliphatic rings. The number of nitriles is 1. The number of rotatable bonds is 8. The average Bonchev–Trinajstić information content (AvgIpc) is 3.13. The second kappa shape index (κ2) is 11.9. The lowest BCUT2D eigenvalue weighted by Crippen LogP contribution is -2.44. The van der Waals surface area contributed by atoms with Gasteiger partial charge in [0.2, 0.25) is 0 Å². The van der Waals surface area contributed by atoms with E-state index in [4.69, 9.17) is 6.57 Å². The third kappa shape index (κ3) is 6.40. The van der Waals surface area contributed by atoms with Gasteiger partial charge in [0.15, 0.2) is 0 Å². The van der Waals surface area contributed by atoms with Crippen LogP contribution in [-0.4, -0.2) is 84.0 Å². The van der Waals surface area contributed by atoms with Crippen molar-refractivity contribution in [2.24, 2.45) is 11.8 Å². The molecule has 3 aliphatic heterocycles. The van der Waals surface area contributed by atoms with Crippen molar-refractivity contribution in [2.75, 3.05) is 52.4 Å². The minimum Gasteiger partial charge on any atom is -0.365 e. The Bertz CT molecular complexity index is 683. The Kier molecular flexibility index (Phi) is 9.26. The van der Waals surface area contributed by atoms with Gasteiger partial charge in [-0.1, -0.05) is 20.3 Å². The normalized spacial score (nSPS) is 31.4. The maximum atomic E-state index is 9.62. The molecule has 3 heterocycles. The summed E-state index contributed by atoms with van der Waals surface area (Å²) >= 11 is 0. The predicted molar refractivity (Wildman–Crippen MR) is 130 cm³/mol. The molecule has 3 rings (SSSR count). The maximum Gasteiger partial charge on any atom is 0.300 e. The van der Waals surface area contributed by atoms with Crippen LogP contribution in [-0.2, 0) is 0 Å². The second-order valence-corrected chi connectivity index (χ2v) is 10.6. The van der Waals surface area contributed by atoms with Gasteiger partial charge in [-0.3, -0.25) is 4.90 Å². The quantitative estimate of drug-likeness (QED) is 0.417. The van der Waals surface area contributed by atoms with Crippen LogP contribution < -0.4 is 0 Å². The van der Waals surface area contributed by atoms with E-state index in [-0.39, 0.29) is 5.70 Å². The molecule has 32 heavy (non-hydrogen) atoms. The molecule has 6 heteroatoms. The van der Waals surface area contributed by atoms with Crippen molar-refractivity contribution >= 4 is 0 Å². The number of allylic oxidation sites excluding steroid dienone is 1. The molecule has 0 aromatic heterocycles. The number of nitrogens with zero attached hydrogens (tertiary/aromatic N) is 6. The SMILES string of the molecule is [C-]#[N+]C(C#N)=C1N(CCCN2CC(C)CC(C)C2)CCN1CCCN1C(C)CCCC1C. The van der Waals surface area contributed by atoms with E-state index in [0.29, 0.717) is 12.1 Å². The van der Waals surface area contributed by atoms with Crippen LogP contribution in [0.1, 0.15) is 66.2 Å². The lowest BCUT2D eigenvalue weighted by Gasteiger charge is -2.39. The van der Waals surface area contributed by atoms with E-state index in [1.54, 1.807) is 0 Å². The number of hydrogen-bond donors (Lipinski definition) is 0. The van der Waals surface area contributed by atoms with Gasteiger partial charge >= 0.3 is 5.70 Å². The summed E-state index contributed by atoms with van der Waals surface area (Å²) in [6, 6.07) is 3.52. The van der Waals surface area contributed by atoms with Gasteiger partial charge in [-0.15, -0.1) is 0 Å². The number of piperidine rings is 2. The van der Waals surface area contributed by atoms with Crippen molar-refractivity contribution in [1.29, 1.82) is 5.26 Å². The first kappa shape index (κ1) is 24.9. The van der Waals surface area contributed by atoms with Gasteiger partial charge < -0.3 is 14.7 Å². The van der Waals surface area contributed by atoms with E-state index >= 15 is 0 Å². The molecule has 0 aromatic carbocycles. The van der Waals surface area contributed by atoms with Gasteiger partial charge in [-0.25, -0.2) is 10.1 Å². The first-order chi connectivity index (χ1) is 15.4. The van der Waals surface area contributed by atoms with E-state index in [9.17, 15) is 5.26 Å². The van der Waals surface area contributed by atoms with Gasteiger partial charge in [0.1, 0.15) is 5.82 Å². The van der Waals surface area contributed by atoms with Crippen LogP contribution >= 0.6 is 0 Å². The summed E-state index contributed by atoms with van der Waals surface area (Å²) in [7, 11) is 0. The van der Waals surface area contributed by atoms with Gasteiger partial charge in [0.05, 0.1) is 12.6 Å². The van der Waals surface area contributed by atoms with Crippen molar-refractivity contribution < 1.29 is 0 Å². The van der Waals surface area contributed by atoms with Crippen molar-refractivity contribution in [3.05, 3.63) is 22.9 Å². The molecule has 0 bridgehead atoms. The van der Waals surface area contributed by atoms with Crippen LogP contribution in [0.25, 0.3) is 4.85 Å². The fraction of sp³-hybridized carbons (Fsp3) is 0.846. The largest absolute Gasteiger partial charge is 0.365 e. The average molecular weight is 441 g/mol. The summed E-state index contributed by atoms with van der Waals surface area (Å²) < 4.78 is 0. The summed E-state index contributed by atoms with van der Waals surface area (Å²) in [6.07, 6.45) is 7.48. The van der Waals surface area contributed by atoms with Crippen LogP contribution in [0, 0.1) is 29.7 Å². The highest BCUT2D eigenvalue weighted by Gasteiger charge is 2.29. The van der Waals surface area contributed by atoms with E-state index in [1.165, 1.54) is 38.8 Å². The zero-order chi connectivity index (χ0) is 23.1. The minimum absolute atomic E-state index is 0.266. The van der Waals surface area contributed by atoms with E-state index in [0.717, 1.165) is 69.8 Å². The summed E-state index contributed by atoms with van der Waals surface area (Å²) in [4.78, 5) is 13.5. The summed E-state index contributed by atoms with van der Waals surface area (Å²) in [5.74, 6) is 2.46. The topological polar surface area (TPSA) is 41.1 Å². The Hall–Kier alpha value is -1.76. The third-order valence-corrected chi connectivity index (χ3v) is 7.74. The molecule has 0 aromatic rings. The third-order valence-electron chi connectivity index (χ3n) is 7.74. The molecule has 0 amide bonds. The fourth-order valence-corrected chi connectivity index (χ4v) is 6.33. The molecule has 0 N–H and O–H groups in total. The minimum atomic E-state index is 0.266. The molecule has 0 spiro atoms. The van der Waals surface area contributed by atoms with Crippen LogP contribution in [0.3, 0.4) is 0 Å². The molecule has 178 valence electrons. The first-order valence-electron chi connectivity index (χ1n) is 12.9. The Balaban J connectivity index is 1.53. The van der Waals surface area contributed by atoms with Gasteiger partial charge in [-0.2, -0.15) is 0 Å². The van der Waals surface area contributed by atoms with Crippen molar-refractivity contribution in [2.45, 2.75) is 78.3 Å². The van der Waals surface area contributed by atoms with Crippen LogP contribution in [0.5, 0.6) is 0 Å². The molecule has 3 saturated heterocycles. The van der Waals surface area contributed by atoms with Crippen molar-refractivity contribution in [3.8, 4) is 6.07 Å². The second-order valence-electron chi connectivity index (χ2n) is 10.6. The number of hydrogen-bond acceptors (Lipinski definition) is 5. The lowest BCUT2D eigenvalue weighted by molar-refractivity contribution is 0.0989.